The van der Waals surface area contributed by atoms with E-state index in [2.05, 4.69) is 11.9 Å². The number of carboxylic acids is 1. The average molecular weight is 382 g/mol. The average Bonchev–Trinajstić information content (AvgIpc) is 2.65. The second-order valence-corrected chi connectivity index (χ2v) is 6.15. The van der Waals surface area contributed by atoms with Crippen LogP contribution in [0.25, 0.3) is 0 Å². The van der Waals surface area contributed by atoms with Crippen LogP contribution >= 0.6 is 11.8 Å². The van der Waals surface area contributed by atoms with E-state index >= 15 is 0 Å². The van der Waals surface area contributed by atoms with Crippen LogP contribution in [0, 0.1) is 0 Å². The van der Waals surface area contributed by atoms with Gasteiger partial charge in [0.15, 0.2) is 0 Å². The smallest absolute Gasteiger partial charge is 0.408 e. The van der Waals surface area contributed by atoms with Crippen molar-refractivity contribution in [3.05, 3.63) is 48.6 Å². The molecule has 9 heteroatoms. The van der Waals surface area contributed by atoms with Crippen LogP contribution in [0.3, 0.4) is 0 Å². The first-order chi connectivity index (χ1) is 12.6. The highest BCUT2D eigenvalue weighted by Gasteiger charge is 2.20. The summed E-state index contributed by atoms with van der Waals surface area (Å²) < 4.78 is 4.69. The van der Waals surface area contributed by atoms with Gasteiger partial charge in [-0.2, -0.15) is 11.8 Å². The first-order valence-electron chi connectivity index (χ1n) is 7.80. The molecule has 2 N–H and O–H groups in total. The molecule has 0 saturated heterocycles. The van der Waals surface area contributed by atoms with Crippen LogP contribution in [0.4, 0.5) is 4.79 Å². The second-order valence-electron chi connectivity index (χ2n) is 5.00. The molecule has 142 valence electrons. The van der Waals surface area contributed by atoms with Crippen molar-refractivity contribution in [3.8, 4) is 0 Å². The van der Waals surface area contributed by atoms with Gasteiger partial charge in [-0.25, -0.2) is 14.7 Å². The monoisotopic (exact) mass is 382 g/mol. The third-order valence-corrected chi connectivity index (χ3v) is 4.06. The number of benzene rings is 1. The molecule has 8 nitrogen and oxygen atoms in total. The zero-order valence-corrected chi connectivity index (χ0v) is 15.0. The van der Waals surface area contributed by atoms with Crippen LogP contribution in [0.2, 0.25) is 0 Å². The summed E-state index contributed by atoms with van der Waals surface area (Å²) in [5, 5.41) is 12.5. The largest absolute Gasteiger partial charge is 0.480 e. The maximum atomic E-state index is 11.4. The van der Waals surface area contributed by atoms with E-state index in [1.54, 1.807) is 0 Å². The molecule has 0 bridgehead atoms. The minimum absolute atomic E-state index is 0.00162. The van der Waals surface area contributed by atoms with E-state index in [4.69, 9.17) is 14.7 Å². The normalized spacial score (nSPS) is 11.2. The molecule has 0 heterocycles. The number of amides is 2. The molecule has 0 unspecified atom stereocenters. The second kappa shape index (κ2) is 12.8. The number of nitrogens with one attached hydrogen (secondary N) is 1. The van der Waals surface area contributed by atoms with Crippen LogP contribution in [0.1, 0.15) is 5.56 Å². The number of ether oxygens (including phenoxy) is 1. The summed E-state index contributed by atoms with van der Waals surface area (Å²) in [6, 6.07) is 8.31. The summed E-state index contributed by atoms with van der Waals surface area (Å²) >= 11 is 1.27. The van der Waals surface area contributed by atoms with E-state index < -0.39 is 18.1 Å². The lowest BCUT2D eigenvalue weighted by Crippen LogP contribution is -2.43. The molecule has 0 aliphatic carbocycles. The van der Waals surface area contributed by atoms with Crippen molar-refractivity contribution < 1.29 is 29.1 Å². The molecule has 0 aliphatic heterocycles. The Balaban J connectivity index is 2.29. The summed E-state index contributed by atoms with van der Waals surface area (Å²) in [5.41, 5.74) is 0.931. The van der Waals surface area contributed by atoms with Crippen molar-refractivity contribution in [1.82, 2.24) is 10.4 Å². The molecule has 0 fully saturated rings. The van der Waals surface area contributed by atoms with Crippen molar-refractivity contribution in [3.63, 3.8) is 0 Å². The summed E-state index contributed by atoms with van der Waals surface area (Å²) in [6.07, 6.45) is 1.13. The fourth-order valence-electron chi connectivity index (χ4n) is 1.73. The molecular weight excluding hydrogens is 360 g/mol. The lowest BCUT2D eigenvalue weighted by Gasteiger charge is -2.18. The van der Waals surface area contributed by atoms with E-state index in [0.29, 0.717) is 12.2 Å². The lowest BCUT2D eigenvalue weighted by atomic mass is 10.2. The number of nitrogens with zero attached hydrogens (tertiary/aromatic N) is 1. The molecule has 1 rings (SSSR count). The minimum Gasteiger partial charge on any atom is -0.480 e. The molecule has 0 aliphatic rings. The zero-order chi connectivity index (χ0) is 19.2. The van der Waals surface area contributed by atoms with Gasteiger partial charge in [-0.15, -0.1) is 0 Å². The van der Waals surface area contributed by atoms with Gasteiger partial charge in [0.25, 0.3) is 0 Å². The predicted octanol–water partition coefficient (Wildman–Crippen LogP) is 1.68. The Morgan fingerprint density at radius 1 is 1.35 bits per heavy atom. The Bertz CT molecular complexity index is 584. The molecule has 0 spiro atoms. The number of carboxylic acid groups (broad SMARTS) is 1. The number of aliphatic carboxylic acids is 1. The number of carbonyl (C=O) groups excluding carboxylic acids is 2. The summed E-state index contributed by atoms with van der Waals surface area (Å²) in [7, 11) is 0. The third-order valence-electron chi connectivity index (χ3n) is 3.02. The third kappa shape index (κ3) is 9.09. The predicted molar refractivity (Wildman–Crippen MR) is 97.4 cm³/mol. The molecule has 1 aromatic carbocycles. The van der Waals surface area contributed by atoms with E-state index in [1.165, 1.54) is 17.8 Å². The standard InChI is InChI=1S/C17H22N2O6S/c1-2-9-24-17(23)18-15(16(21)22)12-26-10-8-19(13-20)25-11-14-6-4-3-5-7-14/h2-7,13,15H,1,8-12H2,(H,18,23)(H,21,22)/t15-/m0/s1. The van der Waals surface area contributed by atoms with Crippen LogP contribution in [0.5, 0.6) is 0 Å². The molecule has 0 radical (unpaired) electrons. The maximum Gasteiger partial charge on any atom is 0.408 e. The molecule has 26 heavy (non-hydrogen) atoms. The minimum atomic E-state index is -1.17. The first kappa shape index (κ1) is 21.5. The number of carbonyl (C=O) groups is 3. The van der Waals surface area contributed by atoms with E-state index in [1.807, 2.05) is 30.3 Å². The zero-order valence-electron chi connectivity index (χ0n) is 14.2. The van der Waals surface area contributed by atoms with Crippen LogP contribution in [0.15, 0.2) is 43.0 Å². The number of thioether (sulfide) groups is 1. The topological polar surface area (TPSA) is 105 Å². The molecule has 0 saturated carbocycles. The van der Waals surface area contributed by atoms with Crippen molar-refractivity contribution in [2.75, 3.05) is 24.7 Å². The van der Waals surface area contributed by atoms with Gasteiger partial charge in [-0.3, -0.25) is 9.63 Å². The van der Waals surface area contributed by atoms with Gasteiger partial charge in [0, 0.05) is 11.5 Å². The number of hydrogen-bond donors (Lipinski definition) is 2. The van der Waals surface area contributed by atoms with Gasteiger partial charge in [0.2, 0.25) is 6.41 Å². The highest BCUT2D eigenvalue weighted by atomic mass is 32.2. The van der Waals surface area contributed by atoms with E-state index in [-0.39, 0.29) is 25.5 Å². The van der Waals surface area contributed by atoms with Crippen LogP contribution < -0.4 is 5.32 Å². The summed E-state index contributed by atoms with van der Waals surface area (Å²) in [5.74, 6) is -0.592. The Morgan fingerprint density at radius 3 is 2.69 bits per heavy atom. The fraction of sp³-hybridized carbons (Fsp3) is 0.353. The Hall–Kier alpha value is -2.52. The van der Waals surface area contributed by atoms with Gasteiger partial charge >= 0.3 is 12.1 Å². The lowest BCUT2D eigenvalue weighted by molar-refractivity contribution is -0.175. The number of hydrogen-bond acceptors (Lipinski definition) is 6. The Kier molecular flexibility index (Phi) is 10.6. The Labute approximate surface area is 156 Å². The molecule has 1 aromatic rings. The highest BCUT2D eigenvalue weighted by molar-refractivity contribution is 7.99. The molecule has 0 aromatic heterocycles. The van der Waals surface area contributed by atoms with E-state index in [9.17, 15) is 14.4 Å². The SMILES string of the molecule is C=CCOC(=O)N[C@@H](CSCCN(C=O)OCc1ccccc1)C(=O)O. The number of rotatable bonds is 13. The highest BCUT2D eigenvalue weighted by Crippen LogP contribution is 2.07. The number of hydroxylamine groups is 2. The van der Waals surface area contributed by atoms with Gasteiger partial charge in [0.05, 0.1) is 6.54 Å². The maximum absolute atomic E-state index is 11.4. The summed E-state index contributed by atoms with van der Waals surface area (Å²) in [6.45, 7) is 3.94. The molecule has 2 amide bonds. The van der Waals surface area contributed by atoms with Crippen molar-refractivity contribution in [2.45, 2.75) is 12.6 Å². The van der Waals surface area contributed by atoms with Crippen LogP contribution in [-0.2, 0) is 25.8 Å². The van der Waals surface area contributed by atoms with Crippen molar-refractivity contribution >= 4 is 30.2 Å². The van der Waals surface area contributed by atoms with Gasteiger partial charge in [-0.05, 0) is 5.56 Å². The first-order valence-corrected chi connectivity index (χ1v) is 8.95. The van der Waals surface area contributed by atoms with Gasteiger partial charge < -0.3 is 15.2 Å². The quantitative estimate of drug-likeness (QED) is 0.231. The van der Waals surface area contributed by atoms with Crippen LogP contribution in [-0.4, -0.2) is 59.3 Å². The van der Waals surface area contributed by atoms with Gasteiger partial charge in [0.1, 0.15) is 19.3 Å². The Morgan fingerprint density at radius 2 is 2.08 bits per heavy atom. The molecular formula is C17H22N2O6S. The van der Waals surface area contributed by atoms with Gasteiger partial charge in [-0.1, -0.05) is 43.0 Å². The van der Waals surface area contributed by atoms with E-state index in [0.717, 1.165) is 10.6 Å². The fourth-order valence-corrected chi connectivity index (χ4v) is 2.67. The van der Waals surface area contributed by atoms with Crippen molar-refractivity contribution in [1.29, 1.82) is 0 Å². The van der Waals surface area contributed by atoms with Crippen molar-refractivity contribution in [2.24, 2.45) is 0 Å². The number of alkyl carbamates (subject to hydrolysis) is 1. The molecule has 1 atom stereocenters. The summed E-state index contributed by atoms with van der Waals surface area (Å²) in [4.78, 5) is 39.0.